The van der Waals surface area contributed by atoms with Crippen molar-refractivity contribution in [1.82, 2.24) is 18.7 Å². The summed E-state index contributed by atoms with van der Waals surface area (Å²) in [5.74, 6) is 2.35. The summed E-state index contributed by atoms with van der Waals surface area (Å²) in [5, 5.41) is 4.64. The van der Waals surface area contributed by atoms with Crippen LogP contribution in [0.15, 0.2) is 200 Å². The highest BCUT2D eigenvalue weighted by atomic mass is 16.5. The molecule has 0 spiro atoms. The van der Waals surface area contributed by atoms with Gasteiger partial charge in [0, 0.05) is 35.2 Å². The van der Waals surface area contributed by atoms with Crippen LogP contribution in [0.3, 0.4) is 0 Å². The number of ether oxygens (including phenoxy) is 1. The Balaban J connectivity index is 1.09. The molecule has 1 aliphatic heterocycles. The van der Waals surface area contributed by atoms with Gasteiger partial charge >= 0.3 is 11.7 Å². The predicted octanol–water partition coefficient (Wildman–Crippen LogP) is 13.6. The van der Waals surface area contributed by atoms with Gasteiger partial charge in [0.2, 0.25) is 11.4 Å². The van der Waals surface area contributed by atoms with Crippen molar-refractivity contribution in [1.29, 1.82) is 0 Å². The summed E-state index contributed by atoms with van der Waals surface area (Å²) in [4.78, 5) is 4.77. The average molecular weight is 745 g/mol. The molecule has 11 rings (SSSR count). The Morgan fingerprint density at radius 3 is 1.95 bits per heavy atom. The van der Waals surface area contributed by atoms with Crippen LogP contribution in [0.4, 0.5) is 22.7 Å². The van der Waals surface area contributed by atoms with E-state index < -0.39 is 0 Å². The van der Waals surface area contributed by atoms with E-state index in [9.17, 15) is 0 Å². The molecule has 0 atom stereocenters. The number of aryl methyl sites for hydroxylation is 1. The first-order valence-electron chi connectivity index (χ1n) is 19.5. The molecule has 0 N–H and O–H groups in total. The van der Waals surface area contributed by atoms with Gasteiger partial charge in [0.05, 0.1) is 33.6 Å². The van der Waals surface area contributed by atoms with Crippen LogP contribution in [0, 0.1) is 6.92 Å². The third-order valence-electron chi connectivity index (χ3n) is 11.1. The maximum absolute atomic E-state index is 6.72. The Hall–Kier alpha value is -7.85. The van der Waals surface area contributed by atoms with Crippen molar-refractivity contribution in [2.24, 2.45) is 0 Å². The zero-order chi connectivity index (χ0) is 38.6. The fraction of sp³-hybridized carbons (Fsp3) is 0.0189. The van der Waals surface area contributed by atoms with Crippen LogP contribution in [0.1, 0.15) is 5.56 Å². The maximum Gasteiger partial charge on any atom is 0.503 e. The standard InChI is InChI=1S/C53H36N4O/c1-36-30-31-54-51(32-36)57-48-25-11-10-22-46(48)47-28-27-42(34-50(47)57)58-41-20-12-19-40(33-41)55-35-56(53-45-21-9-8-18-39(45)26-29-49(53)55)52-43(37-14-4-2-5-15-37)23-13-24-44(52)38-16-6-3-7-17-38/h2-34H,1H3/q+2. The van der Waals surface area contributed by atoms with Gasteiger partial charge < -0.3 is 4.74 Å². The number of hydrogen-bond acceptors (Lipinski definition) is 2. The van der Waals surface area contributed by atoms with Crippen LogP contribution in [-0.4, -0.2) is 15.6 Å². The van der Waals surface area contributed by atoms with Gasteiger partial charge in [-0.2, -0.15) is 0 Å². The minimum absolute atomic E-state index is 0.727. The van der Waals surface area contributed by atoms with Gasteiger partial charge in [-0.15, -0.1) is 0 Å². The third-order valence-corrected chi connectivity index (χ3v) is 11.1. The number of pyridine rings is 1. The van der Waals surface area contributed by atoms with Crippen LogP contribution in [0.5, 0.6) is 11.5 Å². The molecule has 0 bridgehead atoms. The first-order valence-corrected chi connectivity index (χ1v) is 19.5. The molecule has 1 aliphatic rings. The summed E-state index contributed by atoms with van der Waals surface area (Å²) >= 11 is 0. The van der Waals surface area contributed by atoms with E-state index in [1.807, 2.05) is 18.3 Å². The summed E-state index contributed by atoms with van der Waals surface area (Å²) in [6.07, 6.45) is 1.87. The zero-order valence-electron chi connectivity index (χ0n) is 31.7. The van der Waals surface area contributed by atoms with Gasteiger partial charge in [0.15, 0.2) is 0 Å². The van der Waals surface area contributed by atoms with Crippen molar-refractivity contribution < 1.29 is 4.74 Å². The van der Waals surface area contributed by atoms with Crippen LogP contribution < -0.4 is 13.9 Å². The molecule has 10 aromatic rings. The van der Waals surface area contributed by atoms with Crippen LogP contribution in [-0.2, 0) is 0 Å². The molecule has 0 saturated carbocycles. The molecule has 5 nitrogen and oxygen atoms in total. The Labute approximate surface area is 336 Å². The molecule has 0 saturated heterocycles. The minimum Gasteiger partial charge on any atom is -0.457 e. The van der Waals surface area contributed by atoms with E-state index >= 15 is 0 Å². The molecule has 8 aromatic carbocycles. The number of aromatic nitrogens is 2. The molecule has 0 aliphatic carbocycles. The average Bonchev–Trinajstić information content (AvgIpc) is 3.83. The first-order chi connectivity index (χ1) is 28.7. The highest BCUT2D eigenvalue weighted by Crippen LogP contribution is 2.47. The Kier molecular flexibility index (Phi) is 7.92. The molecule has 0 radical (unpaired) electrons. The monoisotopic (exact) mass is 744 g/mol. The van der Waals surface area contributed by atoms with E-state index in [4.69, 9.17) is 9.72 Å². The number of fused-ring (bicyclic) bond motifs is 6. The fourth-order valence-corrected chi connectivity index (χ4v) is 8.43. The van der Waals surface area contributed by atoms with Crippen molar-refractivity contribution in [3.8, 4) is 39.6 Å². The third kappa shape index (κ3) is 5.61. The van der Waals surface area contributed by atoms with Crippen LogP contribution in [0.25, 0.3) is 60.6 Å². The molecular weight excluding hydrogens is 709 g/mol. The van der Waals surface area contributed by atoms with E-state index in [1.165, 1.54) is 10.8 Å². The summed E-state index contributed by atoms with van der Waals surface area (Å²) in [7, 11) is 0. The van der Waals surface area contributed by atoms with Crippen LogP contribution in [0.2, 0.25) is 0 Å². The fourth-order valence-electron chi connectivity index (χ4n) is 8.43. The minimum atomic E-state index is 0.727. The van der Waals surface area contributed by atoms with Gasteiger partial charge in [0.25, 0.3) is 5.69 Å². The lowest BCUT2D eigenvalue weighted by Gasteiger charge is -2.11. The molecule has 0 amide bonds. The van der Waals surface area contributed by atoms with Crippen molar-refractivity contribution in [2.75, 3.05) is 0 Å². The van der Waals surface area contributed by atoms with Gasteiger partial charge in [0.1, 0.15) is 17.3 Å². The first kappa shape index (κ1) is 33.5. The molecule has 0 unspecified atom stereocenters. The summed E-state index contributed by atoms with van der Waals surface area (Å²) in [6.45, 7) is 2.10. The van der Waals surface area contributed by atoms with E-state index in [-0.39, 0.29) is 0 Å². The molecule has 0 fully saturated rings. The lowest BCUT2D eigenvalue weighted by Crippen LogP contribution is -2.05. The van der Waals surface area contributed by atoms with E-state index in [0.717, 1.165) is 89.7 Å². The quantitative estimate of drug-likeness (QED) is 0.152. The van der Waals surface area contributed by atoms with E-state index in [0.29, 0.717) is 0 Å². The van der Waals surface area contributed by atoms with Crippen LogP contribution >= 0.6 is 0 Å². The zero-order valence-corrected chi connectivity index (χ0v) is 31.7. The smallest absolute Gasteiger partial charge is 0.457 e. The van der Waals surface area contributed by atoms with Crippen molar-refractivity contribution in [2.45, 2.75) is 6.92 Å². The summed E-state index contributed by atoms with van der Waals surface area (Å²) in [5.41, 5.74) is 12.0. The predicted molar refractivity (Wildman–Crippen MR) is 239 cm³/mol. The van der Waals surface area contributed by atoms with Gasteiger partial charge in [-0.05, 0) is 98.8 Å². The second-order valence-electron chi connectivity index (χ2n) is 14.7. The Morgan fingerprint density at radius 1 is 0.500 bits per heavy atom. The SMILES string of the molecule is Cc1ccnc(-n2c3ccccc3c3ccc(Oc4cccc([N+]5=C=[N+](c6c(-c7ccccc7)cccc6-c6ccccc6)c6c5ccc5ccccc65)c4)cc32)c1. The van der Waals surface area contributed by atoms with E-state index in [2.05, 4.69) is 209 Å². The van der Waals surface area contributed by atoms with Crippen molar-refractivity contribution in [3.05, 3.63) is 206 Å². The lowest BCUT2D eigenvalue weighted by molar-refractivity contribution is 0.483. The second kappa shape index (κ2) is 13.7. The molecule has 3 heterocycles. The molecular formula is C53H36N4O+2. The van der Waals surface area contributed by atoms with Crippen molar-refractivity contribution in [3.63, 3.8) is 0 Å². The molecule has 58 heavy (non-hydrogen) atoms. The van der Waals surface area contributed by atoms with Crippen molar-refractivity contribution >= 4 is 61.3 Å². The second-order valence-corrected chi connectivity index (χ2v) is 14.7. The van der Waals surface area contributed by atoms with Gasteiger partial charge in [-0.25, -0.2) is 4.98 Å². The van der Waals surface area contributed by atoms with E-state index in [1.54, 1.807) is 0 Å². The van der Waals surface area contributed by atoms with Gasteiger partial charge in [-0.1, -0.05) is 109 Å². The highest BCUT2D eigenvalue weighted by molar-refractivity contribution is 6.10. The summed E-state index contributed by atoms with van der Waals surface area (Å²) < 4.78 is 13.4. The highest BCUT2D eigenvalue weighted by Gasteiger charge is 2.41. The Bertz CT molecular complexity index is 3250. The number of para-hydroxylation sites is 2. The number of benzene rings is 8. The largest absolute Gasteiger partial charge is 0.503 e. The molecule has 2 aromatic heterocycles. The number of nitrogens with zero attached hydrogens (tertiary/aromatic N) is 4. The maximum atomic E-state index is 6.72. The topological polar surface area (TPSA) is 33.1 Å². The molecule has 272 valence electrons. The lowest BCUT2D eigenvalue weighted by atomic mass is 9.95. The number of rotatable bonds is 7. The normalized spacial score (nSPS) is 12.2. The summed E-state index contributed by atoms with van der Waals surface area (Å²) in [6, 6.07) is 71.9. The molecule has 5 heteroatoms. The number of hydrogen-bond donors (Lipinski definition) is 0. The van der Waals surface area contributed by atoms with Gasteiger partial charge in [-0.3, -0.25) is 4.57 Å². The Morgan fingerprint density at radius 2 is 1.17 bits per heavy atom.